The van der Waals surface area contributed by atoms with E-state index in [-0.39, 0.29) is 22.3 Å². The minimum absolute atomic E-state index is 0.117. The molecule has 0 radical (unpaired) electrons. The zero-order valence-corrected chi connectivity index (χ0v) is 17.5. The van der Waals surface area contributed by atoms with Crippen LogP contribution >= 0.6 is 23.2 Å². The fourth-order valence-electron chi connectivity index (χ4n) is 3.23. The quantitative estimate of drug-likeness (QED) is 0.530. The molecule has 3 heterocycles. The molecule has 2 N–H and O–H groups in total. The number of aromatic nitrogens is 2. The summed E-state index contributed by atoms with van der Waals surface area (Å²) in [5.41, 5.74) is 0.648. The fourth-order valence-corrected chi connectivity index (χ4v) is 5.24. The molecule has 1 aromatic carbocycles. The van der Waals surface area contributed by atoms with E-state index in [0.29, 0.717) is 34.0 Å². The Morgan fingerprint density at radius 3 is 2.55 bits per heavy atom. The number of aromatic hydroxyl groups is 1. The lowest BCUT2D eigenvalue weighted by Gasteiger charge is -2.25. The van der Waals surface area contributed by atoms with E-state index in [0.717, 1.165) is 19.3 Å². The number of halogens is 2. The molecule has 1 fully saturated rings. The molecule has 4 rings (SSSR count). The number of piperidine rings is 1. The van der Waals surface area contributed by atoms with Crippen molar-refractivity contribution in [2.45, 2.75) is 24.2 Å². The van der Waals surface area contributed by atoms with E-state index in [1.165, 1.54) is 22.6 Å². The topological polar surface area (TPSA) is 111 Å². The molecular weight excluding hydrogens is 437 g/mol. The first-order chi connectivity index (χ1) is 13.9. The standard InChI is InChI=1S/C18H17Cl2N5O3S/c19-11-8-13-16(14(20)9-11)22-18(26)17(13)24-23-15-5-4-12(10-21-15)29(27,28)25-6-2-1-3-7-25/h4-5,8-10,22,26H,1-3,6-7H2. The van der Waals surface area contributed by atoms with E-state index < -0.39 is 10.0 Å². The summed E-state index contributed by atoms with van der Waals surface area (Å²) in [6, 6.07) is 6.07. The molecule has 8 nitrogen and oxygen atoms in total. The second kappa shape index (κ2) is 7.91. The number of aromatic amines is 1. The number of benzene rings is 1. The van der Waals surface area contributed by atoms with Gasteiger partial charge in [0, 0.05) is 29.7 Å². The zero-order valence-electron chi connectivity index (χ0n) is 15.1. The summed E-state index contributed by atoms with van der Waals surface area (Å²) < 4.78 is 26.8. The summed E-state index contributed by atoms with van der Waals surface area (Å²) in [5, 5.41) is 19.4. The number of hydrogen-bond donors (Lipinski definition) is 2. The van der Waals surface area contributed by atoms with Crippen LogP contribution in [0.2, 0.25) is 10.0 Å². The van der Waals surface area contributed by atoms with Gasteiger partial charge in [0.1, 0.15) is 4.90 Å². The SMILES string of the molecule is O=S(=O)(c1ccc(N=Nc2c(O)[nH]c3c(Cl)cc(Cl)cc23)nc1)N1CCCCC1. The summed E-state index contributed by atoms with van der Waals surface area (Å²) in [6.45, 7) is 1.05. The van der Waals surface area contributed by atoms with E-state index in [9.17, 15) is 13.5 Å². The molecule has 152 valence electrons. The Hall–Kier alpha value is -2.20. The molecule has 3 aromatic rings. The van der Waals surface area contributed by atoms with E-state index in [2.05, 4.69) is 20.2 Å². The largest absolute Gasteiger partial charge is 0.493 e. The van der Waals surface area contributed by atoms with Crippen LogP contribution in [0.4, 0.5) is 11.5 Å². The molecule has 1 saturated heterocycles. The summed E-state index contributed by atoms with van der Waals surface area (Å²) in [4.78, 5) is 6.92. The Labute approximate surface area is 177 Å². The van der Waals surface area contributed by atoms with Crippen molar-refractivity contribution in [2.24, 2.45) is 10.2 Å². The Morgan fingerprint density at radius 1 is 1.10 bits per heavy atom. The van der Waals surface area contributed by atoms with Crippen LogP contribution in [0.15, 0.2) is 45.6 Å². The Bertz CT molecular complexity index is 1190. The van der Waals surface area contributed by atoms with Crippen molar-refractivity contribution in [3.63, 3.8) is 0 Å². The molecule has 0 aliphatic carbocycles. The first-order valence-corrected chi connectivity index (χ1v) is 11.1. The maximum absolute atomic E-state index is 12.7. The van der Waals surface area contributed by atoms with Gasteiger partial charge >= 0.3 is 0 Å². The van der Waals surface area contributed by atoms with Gasteiger partial charge in [-0.1, -0.05) is 29.6 Å². The van der Waals surface area contributed by atoms with Crippen molar-refractivity contribution in [1.82, 2.24) is 14.3 Å². The molecular formula is C18H17Cl2N5O3S. The maximum atomic E-state index is 12.7. The van der Waals surface area contributed by atoms with Crippen molar-refractivity contribution in [3.05, 3.63) is 40.5 Å². The molecule has 29 heavy (non-hydrogen) atoms. The van der Waals surface area contributed by atoms with Crippen LogP contribution < -0.4 is 0 Å². The van der Waals surface area contributed by atoms with Crippen molar-refractivity contribution >= 4 is 55.6 Å². The second-order valence-electron chi connectivity index (χ2n) is 6.65. The summed E-state index contributed by atoms with van der Waals surface area (Å²) >= 11 is 12.1. The highest BCUT2D eigenvalue weighted by Crippen LogP contribution is 2.40. The van der Waals surface area contributed by atoms with Gasteiger partial charge in [-0.3, -0.25) is 0 Å². The van der Waals surface area contributed by atoms with Crippen LogP contribution in [-0.4, -0.2) is 40.9 Å². The lowest BCUT2D eigenvalue weighted by Crippen LogP contribution is -2.35. The number of nitrogens with zero attached hydrogens (tertiary/aromatic N) is 4. The van der Waals surface area contributed by atoms with Crippen LogP contribution in [0.5, 0.6) is 5.88 Å². The smallest absolute Gasteiger partial charge is 0.244 e. The van der Waals surface area contributed by atoms with Gasteiger partial charge in [-0.2, -0.15) is 4.31 Å². The number of nitrogens with one attached hydrogen (secondary N) is 1. The number of pyridine rings is 1. The molecule has 1 aliphatic heterocycles. The van der Waals surface area contributed by atoms with Crippen LogP contribution in [0.3, 0.4) is 0 Å². The molecule has 0 atom stereocenters. The monoisotopic (exact) mass is 453 g/mol. The lowest BCUT2D eigenvalue weighted by molar-refractivity contribution is 0.346. The minimum Gasteiger partial charge on any atom is -0.493 e. The Balaban J connectivity index is 1.60. The van der Waals surface area contributed by atoms with Crippen molar-refractivity contribution in [1.29, 1.82) is 0 Å². The number of hydrogen-bond acceptors (Lipinski definition) is 6. The summed E-state index contributed by atoms with van der Waals surface area (Å²) in [7, 11) is -3.56. The first-order valence-electron chi connectivity index (χ1n) is 8.94. The number of fused-ring (bicyclic) bond motifs is 1. The number of azo groups is 1. The van der Waals surface area contributed by atoms with E-state index >= 15 is 0 Å². The molecule has 0 bridgehead atoms. The number of H-pyrrole nitrogens is 1. The van der Waals surface area contributed by atoms with Gasteiger partial charge in [-0.15, -0.1) is 10.2 Å². The predicted octanol–water partition coefficient (Wildman–Crippen LogP) is 5.17. The molecule has 0 amide bonds. The van der Waals surface area contributed by atoms with Crippen LogP contribution in [0, 0.1) is 0 Å². The van der Waals surface area contributed by atoms with Crippen molar-refractivity contribution in [2.75, 3.05) is 13.1 Å². The van der Waals surface area contributed by atoms with Crippen LogP contribution in [-0.2, 0) is 10.0 Å². The third kappa shape index (κ3) is 3.95. The van der Waals surface area contributed by atoms with Gasteiger partial charge in [0.15, 0.2) is 11.5 Å². The fraction of sp³-hybridized carbons (Fsp3) is 0.278. The highest BCUT2D eigenvalue weighted by molar-refractivity contribution is 7.89. The molecule has 2 aromatic heterocycles. The maximum Gasteiger partial charge on any atom is 0.244 e. The second-order valence-corrected chi connectivity index (χ2v) is 9.43. The average Bonchev–Trinajstić information content (AvgIpc) is 3.03. The van der Waals surface area contributed by atoms with Crippen molar-refractivity contribution < 1.29 is 13.5 Å². The number of sulfonamides is 1. The van der Waals surface area contributed by atoms with E-state index in [1.54, 1.807) is 12.1 Å². The number of rotatable bonds is 4. The highest BCUT2D eigenvalue weighted by atomic mass is 35.5. The van der Waals surface area contributed by atoms with Gasteiger partial charge in [-0.25, -0.2) is 13.4 Å². The zero-order chi connectivity index (χ0) is 20.6. The van der Waals surface area contributed by atoms with Gasteiger partial charge in [0.05, 0.1) is 10.5 Å². The van der Waals surface area contributed by atoms with Gasteiger partial charge < -0.3 is 10.1 Å². The van der Waals surface area contributed by atoms with Gasteiger partial charge in [-0.05, 0) is 37.1 Å². The first kappa shape index (κ1) is 20.1. The Kier molecular flexibility index (Phi) is 5.48. The molecule has 0 spiro atoms. The van der Waals surface area contributed by atoms with Gasteiger partial charge in [0.25, 0.3) is 0 Å². The van der Waals surface area contributed by atoms with E-state index in [4.69, 9.17) is 23.2 Å². The third-order valence-corrected chi connectivity index (χ3v) is 7.10. The summed E-state index contributed by atoms with van der Waals surface area (Å²) in [6.07, 6.45) is 4.03. The van der Waals surface area contributed by atoms with Crippen LogP contribution in [0.25, 0.3) is 10.9 Å². The molecule has 11 heteroatoms. The normalized spacial score (nSPS) is 16.1. The summed E-state index contributed by atoms with van der Waals surface area (Å²) in [5.74, 6) is -0.0123. The third-order valence-electron chi connectivity index (χ3n) is 4.70. The minimum atomic E-state index is -3.56. The van der Waals surface area contributed by atoms with Gasteiger partial charge in [0.2, 0.25) is 15.9 Å². The molecule has 0 unspecified atom stereocenters. The average molecular weight is 454 g/mol. The predicted molar refractivity (Wildman–Crippen MR) is 111 cm³/mol. The molecule has 0 saturated carbocycles. The lowest BCUT2D eigenvalue weighted by atomic mass is 10.2. The van der Waals surface area contributed by atoms with Crippen LogP contribution in [0.1, 0.15) is 19.3 Å². The molecule has 1 aliphatic rings. The van der Waals surface area contributed by atoms with E-state index in [1.807, 2.05) is 0 Å². The Morgan fingerprint density at radius 2 is 1.86 bits per heavy atom. The van der Waals surface area contributed by atoms with Crippen molar-refractivity contribution in [3.8, 4) is 5.88 Å². The highest BCUT2D eigenvalue weighted by Gasteiger charge is 2.26.